The molecule has 2 aliphatic heterocycles. The maximum atomic E-state index is 5.65. The maximum absolute atomic E-state index is 5.65. The summed E-state index contributed by atoms with van der Waals surface area (Å²) in [5, 5.41) is 0. The zero-order chi connectivity index (χ0) is 21.4. The lowest BCUT2D eigenvalue weighted by atomic mass is 10.1. The smallest absolute Gasteiger partial charge is 0.166 e. The molecule has 0 unspecified atom stereocenters. The summed E-state index contributed by atoms with van der Waals surface area (Å²) in [6.45, 7) is 7.43. The molecule has 1 aromatic carbocycles. The second-order valence-corrected chi connectivity index (χ2v) is 8.44. The number of rotatable bonds is 4. The van der Waals surface area contributed by atoms with Gasteiger partial charge in [-0.2, -0.15) is 0 Å². The van der Waals surface area contributed by atoms with Gasteiger partial charge in [0.2, 0.25) is 0 Å². The molecule has 9 heteroatoms. The van der Waals surface area contributed by atoms with E-state index in [4.69, 9.17) is 24.4 Å². The Hall–Kier alpha value is -2.42. The van der Waals surface area contributed by atoms with Crippen molar-refractivity contribution in [2.75, 3.05) is 58.5 Å². The van der Waals surface area contributed by atoms with Gasteiger partial charge in [0.15, 0.2) is 17.0 Å². The molecule has 5 rings (SSSR count). The zero-order valence-corrected chi connectivity index (χ0v) is 19.8. The lowest BCUT2D eigenvalue weighted by molar-refractivity contribution is 0.0708. The molecule has 2 aromatic heterocycles. The third kappa shape index (κ3) is 4.27. The van der Waals surface area contributed by atoms with Gasteiger partial charge in [-0.15, -0.1) is 12.4 Å². The van der Waals surface area contributed by atoms with Crippen molar-refractivity contribution >= 4 is 29.4 Å². The Balaban J connectivity index is 0.00000245. The summed E-state index contributed by atoms with van der Waals surface area (Å²) in [5.74, 6) is 3.48. The number of piperazine rings is 1. The van der Waals surface area contributed by atoms with Crippen molar-refractivity contribution in [3.05, 3.63) is 30.1 Å². The van der Waals surface area contributed by atoms with Crippen molar-refractivity contribution in [2.24, 2.45) is 0 Å². The number of aromatic nitrogens is 4. The van der Waals surface area contributed by atoms with Crippen LogP contribution in [-0.4, -0.2) is 78.0 Å². The summed E-state index contributed by atoms with van der Waals surface area (Å²) in [7, 11) is 3.86. The number of likely N-dealkylation sites (N-methyl/N-ethyl adjacent to an activating group) is 1. The van der Waals surface area contributed by atoms with E-state index in [1.807, 2.05) is 25.1 Å². The molecule has 0 bridgehead atoms. The van der Waals surface area contributed by atoms with E-state index < -0.39 is 0 Å². The first kappa shape index (κ1) is 22.8. The van der Waals surface area contributed by atoms with E-state index in [1.54, 1.807) is 7.11 Å². The fourth-order valence-corrected chi connectivity index (χ4v) is 4.56. The molecule has 0 atom stereocenters. The largest absolute Gasteiger partial charge is 0.497 e. The fourth-order valence-electron chi connectivity index (χ4n) is 4.56. The molecular formula is C23H31ClN6O2. The predicted octanol–water partition coefficient (Wildman–Crippen LogP) is 3.34. The van der Waals surface area contributed by atoms with Crippen LogP contribution in [0.1, 0.15) is 24.7 Å². The topological polar surface area (TPSA) is 68.5 Å². The number of ether oxygens (including phenoxy) is 2. The predicted molar refractivity (Wildman–Crippen MR) is 128 cm³/mol. The van der Waals surface area contributed by atoms with Crippen LogP contribution in [0.25, 0.3) is 22.6 Å². The van der Waals surface area contributed by atoms with Crippen LogP contribution in [0.2, 0.25) is 0 Å². The first-order valence-corrected chi connectivity index (χ1v) is 11.1. The number of benzene rings is 1. The molecule has 172 valence electrons. The van der Waals surface area contributed by atoms with Crippen molar-refractivity contribution in [3.63, 3.8) is 0 Å². The number of fused-ring (bicyclic) bond motifs is 1. The highest BCUT2D eigenvalue weighted by Crippen LogP contribution is 2.36. The summed E-state index contributed by atoms with van der Waals surface area (Å²) >= 11 is 0. The van der Waals surface area contributed by atoms with Crippen molar-refractivity contribution in [1.29, 1.82) is 0 Å². The molecule has 0 aliphatic carbocycles. The van der Waals surface area contributed by atoms with E-state index in [1.165, 1.54) is 0 Å². The molecule has 2 fully saturated rings. The highest BCUT2D eigenvalue weighted by Gasteiger charge is 2.28. The monoisotopic (exact) mass is 458 g/mol. The molecule has 0 amide bonds. The van der Waals surface area contributed by atoms with Gasteiger partial charge in [-0.05, 0) is 38.9 Å². The first-order chi connectivity index (χ1) is 15.1. The standard InChI is InChI=1S/C23H30N6O2.ClH/c1-16-24-22(28-11-9-27(2)10-12-28)20-23(25-16)29(18-7-13-31-14-8-18)21(26-20)17-5-4-6-19(15-17)30-3;/h4-6,15,18H,7-14H2,1-3H3;1H. The SMILES string of the molecule is COc1cccc(-c2nc3c(N4CCN(C)CC4)nc(C)nc3n2C2CCOCC2)c1.Cl. The van der Waals surface area contributed by atoms with Gasteiger partial charge in [0.05, 0.1) is 7.11 Å². The Morgan fingerprint density at radius 3 is 2.50 bits per heavy atom. The average molecular weight is 459 g/mol. The Labute approximate surface area is 195 Å². The number of aryl methyl sites for hydroxylation is 1. The Kier molecular flexibility index (Phi) is 6.83. The number of methoxy groups -OCH3 is 1. The summed E-state index contributed by atoms with van der Waals surface area (Å²) < 4.78 is 13.5. The number of nitrogens with zero attached hydrogens (tertiary/aromatic N) is 6. The van der Waals surface area contributed by atoms with Crippen LogP contribution in [0.15, 0.2) is 24.3 Å². The van der Waals surface area contributed by atoms with Crippen LogP contribution in [0.4, 0.5) is 5.82 Å². The van der Waals surface area contributed by atoms with E-state index in [0.717, 1.165) is 92.2 Å². The zero-order valence-electron chi connectivity index (χ0n) is 19.0. The minimum Gasteiger partial charge on any atom is -0.497 e. The van der Waals surface area contributed by atoms with Crippen molar-refractivity contribution in [2.45, 2.75) is 25.8 Å². The first-order valence-electron chi connectivity index (χ1n) is 11.1. The van der Waals surface area contributed by atoms with E-state index in [0.29, 0.717) is 6.04 Å². The molecule has 2 saturated heterocycles. The Morgan fingerprint density at radius 1 is 1.03 bits per heavy atom. The normalized spacial score (nSPS) is 18.0. The van der Waals surface area contributed by atoms with Crippen LogP contribution in [0, 0.1) is 6.92 Å². The summed E-state index contributed by atoms with van der Waals surface area (Å²) in [4.78, 5) is 19.6. The fraction of sp³-hybridized carbons (Fsp3) is 0.522. The van der Waals surface area contributed by atoms with Gasteiger partial charge >= 0.3 is 0 Å². The molecule has 8 nitrogen and oxygen atoms in total. The number of hydrogen-bond acceptors (Lipinski definition) is 7. The third-order valence-corrected chi connectivity index (χ3v) is 6.32. The van der Waals surface area contributed by atoms with Crippen molar-refractivity contribution in [1.82, 2.24) is 24.4 Å². The molecule has 4 heterocycles. The van der Waals surface area contributed by atoms with Gasteiger partial charge in [-0.3, -0.25) is 0 Å². The highest BCUT2D eigenvalue weighted by atomic mass is 35.5. The second-order valence-electron chi connectivity index (χ2n) is 8.44. The van der Waals surface area contributed by atoms with Gasteiger partial charge in [0, 0.05) is 51.0 Å². The molecule has 0 radical (unpaired) electrons. The number of imidazole rings is 1. The van der Waals surface area contributed by atoms with Crippen LogP contribution < -0.4 is 9.64 Å². The lowest BCUT2D eigenvalue weighted by Crippen LogP contribution is -2.45. The molecule has 0 saturated carbocycles. The van der Waals surface area contributed by atoms with Gasteiger partial charge in [0.1, 0.15) is 17.4 Å². The minimum atomic E-state index is 0. The summed E-state index contributed by atoms with van der Waals surface area (Å²) in [6, 6.07) is 8.42. The van der Waals surface area contributed by atoms with E-state index >= 15 is 0 Å². The van der Waals surface area contributed by atoms with E-state index in [2.05, 4.69) is 27.5 Å². The summed E-state index contributed by atoms with van der Waals surface area (Å²) in [6.07, 6.45) is 1.91. The second kappa shape index (κ2) is 9.60. The number of halogens is 1. The van der Waals surface area contributed by atoms with Crippen LogP contribution >= 0.6 is 12.4 Å². The summed E-state index contributed by atoms with van der Waals surface area (Å²) in [5.41, 5.74) is 2.84. The van der Waals surface area contributed by atoms with Crippen LogP contribution in [0.3, 0.4) is 0 Å². The van der Waals surface area contributed by atoms with E-state index in [-0.39, 0.29) is 12.4 Å². The lowest BCUT2D eigenvalue weighted by Gasteiger charge is -2.33. The van der Waals surface area contributed by atoms with Crippen LogP contribution in [-0.2, 0) is 4.74 Å². The average Bonchev–Trinajstić information content (AvgIpc) is 3.19. The molecular weight excluding hydrogens is 428 g/mol. The number of hydrogen-bond donors (Lipinski definition) is 0. The quantitative estimate of drug-likeness (QED) is 0.593. The third-order valence-electron chi connectivity index (χ3n) is 6.32. The maximum Gasteiger partial charge on any atom is 0.166 e. The molecule has 2 aliphatic rings. The highest BCUT2D eigenvalue weighted by molar-refractivity contribution is 5.87. The van der Waals surface area contributed by atoms with E-state index in [9.17, 15) is 0 Å². The van der Waals surface area contributed by atoms with Crippen LogP contribution in [0.5, 0.6) is 5.75 Å². The minimum absolute atomic E-state index is 0. The van der Waals surface area contributed by atoms with Crippen molar-refractivity contribution < 1.29 is 9.47 Å². The molecule has 32 heavy (non-hydrogen) atoms. The Morgan fingerprint density at radius 2 is 1.78 bits per heavy atom. The molecule has 3 aromatic rings. The molecule has 0 N–H and O–H groups in total. The van der Waals surface area contributed by atoms with Gasteiger partial charge in [-0.25, -0.2) is 15.0 Å². The molecule has 0 spiro atoms. The van der Waals surface area contributed by atoms with Crippen molar-refractivity contribution in [3.8, 4) is 17.1 Å². The Bertz CT molecular complexity index is 1070. The van der Waals surface area contributed by atoms with Gasteiger partial charge in [0.25, 0.3) is 0 Å². The van der Waals surface area contributed by atoms with Gasteiger partial charge < -0.3 is 23.8 Å². The van der Waals surface area contributed by atoms with Gasteiger partial charge in [-0.1, -0.05) is 12.1 Å². The number of anilines is 1.